The molecule has 0 spiro atoms. The standard InChI is InChI=1S/2C35H58N2.C35H30N2.C4H9.CH2Cl2.CH4.6ClH.3Li.2Zr/c3*1-20-13-15-30-28(17-20)32-24-11-7-5-9-22(24)26(34(32)36(30)3)19-27-23-10-6-8-12-25(23)33-29-18-21(2)14-16-31(29)37(4)35(27)33;1-3-4-2;2-1-3;;;;;;;;;;;;/h2*20-35H,5-19H2,1-4H3;5-18,26-27H,19H2,1-4H3;1,3-4H2,2H3;1H2;1H4;6*1H;;;;;/q;;;-1;;;;;;;;;3*+1;+2;+4/p-6. The molecule has 6 heterocycles. The summed E-state index contributed by atoms with van der Waals surface area (Å²) in [5.41, 5.74) is 16.9. The van der Waals surface area contributed by atoms with Gasteiger partial charge in [0, 0.05) is 119 Å². The molecule has 0 radical (unpaired) electrons. The molecule has 700 valence electrons. The average Bonchev–Trinajstić information content (AvgIpc) is 1.55. The summed E-state index contributed by atoms with van der Waals surface area (Å²) in [6.07, 6.45) is 49.7. The van der Waals surface area contributed by atoms with Gasteiger partial charge in [-0.05, 0) is 378 Å². The molecule has 4 aromatic carbocycles. The third kappa shape index (κ3) is 20.1. The minimum atomic E-state index is -3.29. The largest absolute Gasteiger partial charge is 1.00 e. The first-order valence-electron chi connectivity index (χ1n) is 51.7. The maximum absolute atomic E-state index is 5.04. The summed E-state index contributed by atoms with van der Waals surface area (Å²) in [6.45, 7) is 20.4. The van der Waals surface area contributed by atoms with Crippen LogP contribution in [0.15, 0.2) is 84.9 Å². The van der Waals surface area contributed by atoms with Crippen LogP contribution in [0.25, 0.3) is 44.1 Å². The first kappa shape index (κ1) is 107. The van der Waals surface area contributed by atoms with Crippen molar-refractivity contribution in [3.63, 3.8) is 0 Å². The van der Waals surface area contributed by atoms with E-state index >= 15 is 0 Å². The van der Waals surface area contributed by atoms with Gasteiger partial charge in [0.2, 0.25) is 0 Å². The van der Waals surface area contributed by atoms with E-state index in [1.165, 1.54) is 187 Å². The quantitative estimate of drug-likeness (QED) is 0.0903. The number of benzene rings is 4. The van der Waals surface area contributed by atoms with E-state index in [4.69, 9.17) is 74.3 Å². The molecule has 0 N–H and O–H groups in total. The number of nitrogens with zero attached hydrogens (tertiary/aromatic N) is 6. The van der Waals surface area contributed by atoms with Crippen LogP contribution in [-0.4, -0.2) is 111 Å². The van der Waals surface area contributed by atoms with E-state index in [1.54, 1.807) is 89.9 Å². The third-order valence-corrected chi connectivity index (χ3v) is 40.0. The minimum Gasteiger partial charge on any atom is 1.00 e. The predicted molar refractivity (Wildman–Crippen MR) is 539 cm³/mol. The van der Waals surface area contributed by atoms with Gasteiger partial charge >= 0.3 is 144 Å². The van der Waals surface area contributed by atoms with Crippen LogP contribution in [0, 0.1) is 163 Å². The Morgan fingerprint density at radius 2 is 0.623 bits per heavy atom. The van der Waals surface area contributed by atoms with Crippen molar-refractivity contribution in [2.75, 3.05) is 33.5 Å². The van der Waals surface area contributed by atoms with Gasteiger partial charge in [0.1, 0.15) is 0 Å². The van der Waals surface area contributed by atoms with Gasteiger partial charge in [-0.25, -0.2) is 0 Å². The molecular formula is C111H161Cl8Li3N6Zr2+2. The van der Waals surface area contributed by atoms with Crippen LogP contribution in [0.3, 0.4) is 0 Å². The van der Waals surface area contributed by atoms with Crippen molar-refractivity contribution in [2.45, 2.75) is 328 Å². The number of rotatable bonds is 7. The molecule has 19 heteroatoms. The molecule has 34 atom stereocenters. The van der Waals surface area contributed by atoms with Gasteiger partial charge in [-0.2, -0.15) is 6.42 Å². The number of aryl methyl sites for hydroxylation is 4. The van der Waals surface area contributed by atoms with Crippen molar-refractivity contribution in [2.24, 2.45) is 156 Å². The maximum Gasteiger partial charge on any atom is 1.00 e. The monoisotopic (exact) mass is 2060 g/mol. The summed E-state index contributed by atoms with van der Waals surface area (Å²) in [7, 11) is 45.0. The molecule has 14 aliphatic carbocycles. The van der Waals surface area contributed by atoms with Crippen LogP contribution < -0.4 is 56.6 Å². The van der Waals surface area contributed by atoms with Crippen LogP contribution in [0.2, 0.25) is 0 Å². The summed E-state index contributed by atoms with van der Waals surface area (Å²) < 4.78 is 4.95. The van der Waals surface area contributed by atoms with Gasteiger partial charge in [0.25, 0.3) is 0 Å². The Kier molecular flexibility index (Phi) is 38.0. The van der Waals surface area contributed by atoms with E-state index in [0.717, 1.165) is 203 Å². The van der Waals surface area contributed by atoms with Crippen LogP contribution >= 0.6 is 74.3 Å². The second kappa shape index (κ2) is 46.0. The van der Waals surface area contributed by atoms with E-state index < -0.39 is 36.3 Å². The fraction of sp³-hybridized carbons (Fsp3) is 0.739. The van der Waals surface area contributed by atoms with Crippen molar-refractivity contribution in [1.29, 1.82) is 0 Å². The van der Waals surface area contributed by atoms with Crippen LogP contribution in [0.4, 0.5) is 0 Å². The Balaban J connectivity index is 0.000000144. The number of aromatic nitrogens is 2. The minimum absolute atomic E-state index is 0. The Labute approximate surface area is 873 Å². The summed E-state index contributed by atoms with van der Waals surface area (Å²) in [5.74, 6) is 25.6. The Morgan fingerprint density at radius 1 is 0.377 bits per heavy atom. The first-order valence-corrected chi connectivity index (χ1v) is 71.8. The number of hydrogen-bond donors (Lipinski definition) is 0. The second-order valence-electron chi connectivity index (χ2n) is 45.8. The topological polar surface area (TPSA) is 22.8 Å². The molecule has 130 heavy (non-hydrogen) atoms. The summed E-state index contributed by atoms with van der Waals surface area (Å²) in [6, 6.07) is 39.5. The van der Waals surface area contributed by atoms with Crippen molar-refractivity contribution >= 4 is 96.1 Å². The van der Waals surface area contributed by atoms with Crippen molar-refractivity contribution in [3.05, 3.63) is 125 Å². The molecule has 34 unspecified atom stereocenters. The molecule has 0 amide bonds. The summed E-state index contributed by atoms with van der Waals surface area (Å²) in [4.78, 5) is 12.2. The number of unbranched alkanes of at least 4 members (excludes halogenated alkanes) is 1. The van der Waals surface area contributed by atoms with E-state index in [2.05, 4.69) is 211 Å². The normalized spacial score (nSPS) is 39.6. The SMILES string of the molecule is C.CC1CCC2C(C1)C1C3CCCCC3C(CC3C4CCCCC4C4C5CC(C)CCC5N(C)C34)C1N2C.CC1CCC2C(C1)C1C3CCCCC3C(CC3C4CCCCC4C4C5CC(C)CCC5N(C)C34)C1N2C.Cc1ccc2c(c1)c1c(n2C)C(CC2c3ccccc3-c3c2n(C)c2ccc(C)cc32)c2ccccc2-1.ClCCl.[CH2-]CCC.[Cl][Zr]([Cl])([Cl])[Cl].[Cl][Zr][Cl].[Li+].[Li+].[Li+]. The van der Waals surface area contributed by atoms with Crippen LogP contribution in [0.5, 0.6) is 0 Å². The maximum atomic E-state index is 5.04. The number of hydrogen-bond acceptors (Lipinski definition) is 4. The third-order valence-electron chi connectivity index (χ3n) is 40.0. The predicted octanol–water partition coefficient (Wildman–Crippen LogP) is 22.9. The van der Waals surface area contributed by atoms with Gasteiger partial charge in [-0.3, -0.25) is 19.6 Å². The van der Waals surface area contributed by atoms with Gasteiger partial charge in [0.05, 0.1) is 5.34 Å². The fourth-order valence-corrected chi connectivity index (χ4v) is 36.2. The number of halogens is 8. The molecule has 16 fully saturated rings. The zero-order valence-electron chi connectivity index (χ0n) is 82.2. The van der Waals surface area contributed by atoms with Gasteiger partial charge in [-0.15, -0.1) is 23.2 Å². The average molecular weight is 2070 g/mol. The molecule has 4 aliphatic heterocycles. The van der Waals surface area contributed by atoms with Crippen molar-refractivity contribution in [1.82, 2.24) is 28.7 Å². The van der Waals surface area contributed by atoms with E-state index in [9.17, 15) is 0 Å². The Morgan fingerprint density at radius 3 is 0.877 bits per heavy atom. The molecule has 4 saturated heterocycles. The van der Waals surface area contributed by atoms with Gasteiger partial charge < -0.3 is 16.1 Å². The van der Waals surface area contributed by atoms with Crippen LogP contribution in [0.1, 0.15) is 299 Å². The number of fused-ring (bicyclic) bond motifs is 30. The zero-order chi connectivity index (χ0) is 88.3. The second-order valence-corrected chi connectivity index (χ2v) is 72.7. The van der Waals surface area contributed by atoms with E-state index in [0.29, 0.717) is 11.8 Å². The Bertz CT molecular complexity index is 4290. The van der Waals surface area contributed by atoms with Crippen molar-refractivity contribution < 1.29 is 92.9 Å². The molecule has 6 aromatic rings. The summed E-state index contributed by atoms with van der Waals surface area (Å²) >= 11 is 5.41. The smallest absolute Gasteiger partial charge is 1.00 e. The van der Waals surface area contributed by atoms with Gasteiger partial charge in [0.15, 0.2) is 0 Å². The number of alkyl halides is 2. The van der Waals surface area contributed by atoms with E-state index in [-0.39, 0.29) is 69.3 Å². The summed E-state index contributed by atoms with van der Waals surface area (Å²) in [5, 5.41) is 2.97. The molecule has 0 bridgehead atoms. The molecule has 18 aliphatic rings. The van der Waals surface area contributed by atoms with Gasteiger partial charge in [-0.1, -0.05) is 172 Å². The molecule has 24 rings (SSSR count). The molecule has 12 saturated carbocycles. The zero-order valence-corrected chi connectivity index (χ0v) is 93.1. The number of likely N-dealkylation sites (tertiary alicyclic amines) is 4. The first-order chi connectivity index (χ1) is 60.8. The Hall–Kier alpha value is 1.68. The molecule has 2 aromatic heterocycles. The van der Waals surface area contributed by atoms with E-state index in [1.807, 2.05) is 0 Å². The molecule has 6 nitrogen and oxygen atoms in total. The van der Waals surface area contributed by atoms with Crippen molar-refractivity contribution in [3.8, 4) is 22.3 Å². The fourth-order valence-electron chi connectivity index (χ4n) is 36.2. The molecular weight excluding hydrogens is 1900 g/mol. The van der Waals surface area contributed by atoms with Crippen LogP contribution in [-0.2, 0) is 50.4 Å².